The summed E-state index contributed by atoms with van der Waals surface area (Å²) in [6.07, 6.45) is 0. The molecule has 2 aromatic carbocycles. The van der Waals surface area contributed by atoms with Crippen molar-refractivity contribution in [3.63, 3.8) is 0 Å². The number of nitro groups is 1. The van der Waals surface area contributed by atoms with Crippen molar-refractivity contribution in [2.45, 2.75) is 11.8 Å². The number of fused-ring (bicyclic) bond motifs is 1. The lowest BCUT2D eigenvalue weighted by atomic mass is 10.2. The topological polar surface area (TPSA) is 137 Å². The number of aryl methyl sites for hydroxylation is 1. The van der Waals surface area contributed by atoms with E-state index >= 15 is 0 Å². The maximum atomic E-state index is 12.3. The maximum Gasteiger partial charge on any atom is 0.273 e. The highest BCUT2D eigenvalue weighted by Gasteiger charge is 2.22. The molecule has 1 heterocycles. The van der Waals surface area contributed by atoms with Crippen LogP contribution in [0.5, 0.6) is 11.5 Å². The molecular weight excluding hydrogens is 414 g/mol. The molecule has 2 N–H and O–H groups in total. The summed E-state index contributed by atoms with van der Waals surface area (Å²) in [5.74, 6) is -0.234. The average molecular weight is 428 g/mol. The number of halogens is 1. The number of hydrogen-bond donors (Lipinski definition) is 2. The molecule has 0 saturated heterocycles. The van der Waals surface area contributed by atoms with E-state index in [2.05, 4.69) is 0 Å². The number of hydrogen-bond acceptors (Lipinski definition) is 7. The van der Waals surface area contributed by atoms with Gasteiger partial charge in [-0.3, -0.25) is 20.3 Å². The van der Waals surface area contributed by atoms with Crippen LogP contribution in [0.1, 0.15) is 15.9 Å². The van der Waals surface area contributed by atoms with Crippen LogP contribution in [0.15, 0.2) is 35.2 Å². The van der Waals surface area contributed by atoms with Gasteiger partial charge in [-0.05, 0) is 25.1 Å². The van der Waals surface area contributed by atoms with Crippen LogP contribution >= 0.6 is 11.6 Å². The fraction of sp³-hybridized carbons (Fsp3) is 0.188. The monoisotopic (exact) mass is 427 g/mol. The lowest BCUT2D eigenvalue weighted by Crippen LogP contribution is -2.41. The summed E-state index contributed by atoms with van der Waals surface area (Å²) >= 11 is 6.05. The Morgan fingerprint density at radius 1 is 1.21 bits per heavy atom. The molecule has 0 bridgehead atoms. The fourth-order valence-electron chi connectivity index (χ4n) is 2.44. The number of rotatable bonds is 5. The van der Waals surface area contributed by atoms with E-state index in [1.54, 1.807) is 0 Å². The first kappa shape index (κ1) is 19.9. The fourth-order valence-corrected chi connectivity index (χ4v) is 3.56. The number of ether oxygens (including phenoxy) is 2. The minimum absolute atomic E-state index is 0.0341. The van der Waals surface area contributed by atoms with Gasteiger partial charge in [-0.1, -0.05) is 17.7 Å². The van der Waals surface area contributed by atoms with Gasteiger partial charge in [-0.2, -0.15) is 0 Å². The molecule has 0 spiro atoms. The van der Waals surface area contributed by atoms with Crippen LogP contribution in [0.4, 0.5) is 5.69 Å². The van der Waals surface area contributed by atoms with Gasteiger partial charge in [-0.15, -0.1) is 4.83 Å². The summed E-state index contributed by atoms with van der Waals surface area (Å²) in [5.41, 5.74) is 2.02. The molecule has 0 atom stereocenters. The third kappa shape index (κ3) is 4.01. The van der Waals surface area contributed by atoms with Gasteiger partial charge in [0.1, 0.15) is 13.2 Å². The standard InChI is InChI=1S/C16H14ClN3O7S/c1-9-2-3-11(8-13(9)20(22)23)28(24,25)19-18-16(21)10-6-12(17)15-14(7-10)26-4-5-27-15/h2-3,6-8,19H,4-5H2,1H3,(H,18,21). The van der Waals surface area contributed by atoms with E-state index in [4.69, 9.17) is 21.1 Å². The van der Waals surface area contributed by atoms with Gasteiger partial charge in [0.15, 0.2) is 11.5 Å². The Hall–Kier alpha value is -2.89. The molecule has 1 aliphatic rings. The van der Waals surface area contributed by atoms with Crippen LogP contribution in [0.25, 0.3) is 0 Å². The number of nitrogens with one attached hydrogen (secondary N) is 2. The lowest BCUT2D eigenvalue weighted by molar-refractivity contribution is -0.385. The van der Waals surface area contributed by atoms with E-state index in [0.717, 1.165) is 6.07 Å². The first-order chi connectivity index (χ1) is 13.2. The van der Waals surface area contributed by atoms with E-state index in [0.29, 0.717) is 17.9 Å². The zero-order valence-electron chi connectivity index (χ0n) is 14.4. The van der Waals surface area contributed by atoms with Crippen molar-refractivity contribution in [1.82, 2.24) is 10.3 Å². The molecule has 1 aliphatic heterocycles. The Bertz CT molecular complexity index is 1070. The number of nitrogens with zero attached hydrogens (tertiary/aromatic N) is 1. The summed E-state index contributed by atoms with van der Waals surface area (Å²) in [6.45, 7) is 2.09. The zero-order valence-corrected chi connectivity index (χ0v) is 16.0. The molecule has 1 amide bonds. The Labute approximate surface area is 164 Å². The highest BCUT2D eigenvalue weighted by molar-refractivity contribution is 7.89. The van der Waals surface area contributed by atoms with E-state index < -0.39 is 20.9 Å². The zero-order chi connectivity index (χ0) is 20.5. The van der Waals surface area contributed by atoms with Crippen LogP contribution in [0.2, 0.25) is 5.02 Å². The van der Waals surface area contributed by atoms with Crippen LogP contribution in [-0.2, 0) is 10.0 Å². The van der Waals surface area contributed by atoms with E-state index in [1.165, 1.54) is 31.2 Å². The molecule has 0 saturated carbocycles. The number of amides is 1. The molecule has 0 unspecified atom stereocenters. The Balaban J connectivity index is 1.78. The molecule has 0 radical (unpaired) electrons. The van der Waals surface area contributed by atoms with Gasteiger partial charge < -0.3 is 9.47 Å². The summed E-state index contributed by atoms with van der Waals surface area (Å²) in [4.78, 5) is 24.1. The van der Waals surface area contributed by atoms with Crippen molar-refractivity contribution in [1.29, 1.82) is 0 Å². The first-order valence-electron chi connectivity index (χ1n) is 7.85. The number of nitro benzene ring substituents is 1. The number of sulfonamides is 1. The van der Waals surface area contributed by atoms with Crippen molar-refractivity contribution in [2.75, 3.05) is 13.2 Å². The molecule has 148 valence electrons. The second-order valence-electron chi connectivity index (χ2n) is 5.75. The number of carbonyl (C=O) groups is 1. The van der Waals surface area contributed by atoms with Crippen molar-refractivity contribution >= 4 is 33.2 Å². The molecule has 0 aromatic heterocycles. The summed E-state index contributed by atoms with van der Waals surface area (Å²) in [5, 5.41) is 11.1. The predicted octanol–water partition coefficient (Wildman–Crippen LogP) is 1.95. The van der Waals surface area contributed by atoms with E-state index in [1.807, 2.05) is 10.3 Å². The van der Waals surface area contributed by atoms with Gasteiger partial charge in [0, 0.05) is 17.2 Å². The smallest absolute Gasteiger partial charge is 0.273 e. The highest BCUT2D eigenvalue weighted by Crippen LogP contribution is 2.38. The second kappa shape index (κ2) is 7.62. The summed E-state index contributed by atoms with van der Waals surface area (Å²) < 4.78 is 35.4. The van der Waals surface area contributed by atoms with Crippen molar-refractivity contribution < 1.29 is 27.6 Å². The minimum Gasteiger partial charge on any atom is -0.486 e. The normalized spacial score (nSPS) is 13.1. The first-order valence-corrected chi connectivity index (χ1v) is 9.71. The van der Waals surface area contributed by atoms with Crippen molar-refractivity contribution in [3.05, 3.63) is 56.6 Å². The van der Waals surface area contributed by atoms with Crippen LogP contribution in [0.3, 0.4) is 0 Å². The largest absolute Gasteiger partial charge is 0.486 e. The summed E-state index contributed by atoms with van der Waals surface area (Å²) in [7, 11) is -4.24. The average Bonchev–Trinajstić information content (AvgIpc) is 2.66. The molecule has 0 fully saturated rings. The molecule has 10 nitrogen and oxygen atoms in total. The van der Waals surface area contributed by atoms with Crippen LogP contribution in [-0.4, -0.2) is 32.5 Å². The molecule has 0 aliphatic carbocycles. The number of hydrazine groups is 1. The number of carbonyl (C=O) groups excluding carboxylic acids is 1. The van der Waals surface area contributed by atoms with E-state index in [9.17, 15) is 23.3 Å². The Morgan fingerprint density at radius 3 is 2.64 bits per heavy atom. The van der Waals surface area contributed by atoms with Crippen molar-refractivity contribution in [3.8, 4) is 11.5 Å². The van der Waals surface area contributed by atoms with Crippen molar-refractivity contribution in [2.24, 2.45) is 0 Å². The molecule has 12 heteroatoms. The molecule has 3 rings (SSSR count). The molecule has 28 heavy (non-hydrogen) atoms. The van der Waals surface area contributed by atoms with E-state index in [-0.39, 0.29) is 33.5 Å². The van der Waals surface area contributed by atoms with Crippen LogP contribution < -0.4 is 19.7 Å². The second-order valence-corrected chi connectivity index (χ2v) is 7.84. The van der Waals surface area contributed by atoms with Gasteiger partial charge in [0.25, 0.3) is 21.6 Å². The van der Waals surface area contributed by atoms with Gasteiger partial charge >= 0.3 is 0 Å². The van der Waals surface area contributed by atoms with Gasteiger partial charge in [0.2, 0.25) is 0 Å². The van der Waals surface area contributed by atoms with Gasteiger partial charge in [-0.25, -0.2) is 8.42 Å². The number of benzene rings is 2. The Morgan fingerprint density at radius 2 is 1.93 bits per heavy atom. The van der Waals surface area contributed by atoms with Crippen LogP contribution in [0, 0.1) is 17.0 Å². The van der Waals surface area contributed by atoms with Gasteiger partial charge in [0.05, 0.1) is 14.8 Å². The SMILES string of the molecule is Cc1ccc(S(=O)(=O)NNC(=O)c2cc(Cl)c3c(c2)OCCO3)cc1[N+](=O)[O-]. The third-order valence-electron chi connectivity index (χ3n) is 3.85. The minimum atomic E-state index is -4.24. The molecule has 2 aromatic rings. The quantitative estimate of drug-likeness (QED) is 0.549. The Kier molecular flexibility index (Phi) is 5.40. The lowest BCUT2D eigenvalue weighted by Gasteiger charge is -2.20. The summed E-state index contributed by atoms with van der Waals surface area (Å²) in [6, 6.07) is 6.06. The molecular formula is C16H14ClN3O7S. The predicted molar refractivity (Wildman–Crippen MR) is 98.1 cm³/mol. The highest BCUT2D eigenvalue weighted by atomic mass is 35.5. The third-order valence-corrected chi connectivity index (χ3v) is 5.37. The maximum absolute atomic E-state index is 12.3.